The van der Waals surface area contributed by atoms with E-state index in [4.69, 9.17) is 4.42 Å². The molecular formula is C19H15F3N2O2. The first-order valence-electron chi connectivity index (χ1n) is 7.82. The number of pyridine rings is 1. The van der Waals surface area contributed by atoms with Gasteiger partial charge in [-0.05, 0) is 35.4 Å². The van der Waals surface area contributed by atoms with Crippen LogP contribution < -0.4 is 5.32 Å². The highest BCUT2D eigenvalue weighted by Crippen LogP contribution is 2.29. The molecule has 3 rings (SSSR count). The number of nitrogens with zero attached hydrogens (tertiary/aromatic N) is 1. The van der Waals surface area contributed by atoms with E-state index >= 15 is 0 Å². The number of aromatic nitrogens is 1. The number of carbonyl (C=O) groups is 1. The molecule has 4 nitrogen and oxygen atoms in total. The maximum Gasteiger partial charge on any atom is 0.416 e. The Hall–Kier alpha value is -3.09. The molecule has 3 aromatic rings. The highest BCUT2D eigenvalue weighted by molar-refractivity contribution is 5.78. The Kier molecular flexibility index (Phi) is 5.06. The van der Waals surface area contributed by atoms with Crippen LogP contribution >= 0.6 is 0 Å². The lowest BCUT2D eigenvalue weighted by Crippen LogP contribution is -2.24. The Morgan fingerprint density at radius 1 is 1.08 bits per heavy atom. The van der Waals surface area contributed by atoms with E-state index in [0.717, 1.165) is 23.3 Å². The van der Waals surface area contributed by atoms with Crippen molar-refractivity contribution in [2.24, 2.45) is 0 Å². The van der Waals surface area contributed by atoms with E-state index in [1.807, 2.05) is 6.07 Å². The number of nitrogens with one attached hydrogen (secondary N) is 1. The molecule has 0 saturated heterocycles. The van der Waals surface area contributed by atoms with Crippen LogP contribution in [0.15, 0.2) is 65.5 Å². The van der Waals surface area contributed by atoms with E-state index in [1.54, 1.807) is 30.8 Å². The molecule has 0 aliphatic heterocycles. The molecule has 1 N–H and O–H groups in total. The quantitative estimate of drug-likeness (QED) is 0.741. The number of carbonyl (C=O) groups excluding carboxylic acids is 1. The molecule has 1 aromatic carbocycles. The predicted octanol–water partition coefficient (Wildman–Crippen LogP) is 4.22. The molecule has 0 saturated carbocycles. The van der Waals surface area contributed by atoms with E-state index < -0.39 is 11.7 Å². The van der Waals surface area contributed by atoms with Gasteiger partial charge in [-0.15, -0.1) is 0 Å². The van der Waals surface area contributed by atoms with Crippen molar-refractivity contribution < 1.29 is 22.4 Å². The summed E-state index contributed by atoms with van der Waals surface area (Å²) in [6.07, 6.45) is 0.252. The number of furan rings is 1. The molecule has 1 amide bonds. The van der Waals surface area contributed by atoms with Gasteiger partial charge in [-0.2, -0.15) is 13.2 Å². The minimum Gasteiger partial charge on any atom is -0.464 e. The van der Waals surface area contributed by atoms with Crippen molar-refractivity contribution in [3.63, 3.8) is 0 Å². The summed E-state index contributed by atoms with van der Waals surface area (Å²) in [5.74, 6) is 0.294. The van der Waals surface area contributed by atoms with Gasteiger partial charge in [0.25, 0.3) is 0 Å². The number of hydrogen-bond donors (Lipinski definition) is 1. The standard InChI is InChI=1S/C19H15F3N2O2/c20-19(21,22)16-4-1-3-13(8-16)9-18(25)24-11-14-7-15(12-23-10-14)17-5-2-6-26-17/h1-8,10,12H,9,11H2,(H,24,25). The lowest BCUT2D eigenvalue weighted by atomic mass is 10.1. The minimum atomic E-state index is -4.43. The summed E-state index contributed by atoms with van der Waals surface area (Å²) >= 11 is 0. The van der Waals surface area contributed by atoms with E-state index in [9.17, 15) is 18.0 Å². The molecule has 0 unspecified atom stereocenters. The Morgan fingerprint density at radius 2 is 1.92 bits per heavy atom. The molecule has 0 aliphatic carbocycles. The molecule has 2 heterocycles. The molecule has 2 aromatic heterocycles. The van der Waals surface area contributed by atoms with E-state index in [2.05, 4.69) is 10.3 Å². The van der Waals surface area contributed by atoms with Crippen LogP contribution in [0.4, 0.5) is 13.2 Å². The van der Waals surface area contributed by atoms with Gasteiger partial charge in [0.05, 0.1) is 18.2 Å². The van der Waals surface area contributed by atoms with Crippen molar-refractivity contribution in [3.8, 4) is 11.3 Å². The SMILES string of the molecule is O=C(Cc1cccc(C(F)(F)F)c1)NCc1cncc(-c2ccco2)c1. The Labute approximate surface area is 147 Å². The second kappa shape index (κ2) is 7.43. The van der Waals surface area contributed by atoms with Crippen LogP contribution in [0.2, 0.25) is 0 Å². The van der Waals surface area contributed by atoms with Gasteiger partial charge in [0, 0.05) is 24.5 Å². The van der Waals surface area contributed by atoms with Crippen LogP contribution in [0.25, 0.3) is 11.3 Å². The molecule has 7 heteroatoms. The van der Waals surface area contributed by atoms with Gasteiger partial charge >= 0.3 is 6.18 Å². The van der Waals surface area contributed by atoms with Crippen molar-refractivity contribution in [1.29, 1.82) is 0 Å². The van der Waals surface area contributed by atoms with Crippen molar-refractivity contribution in [2.75, 3.05) is 0 Å². The molecular weight excluding hydrogens is 345 g/mol. The first-order chi connectivity index (χ1) is 12.4. The van der Waals surface area contributed by atoms with E-state index in [1.165, 1.54) is 12.1 Å². The monoisotopic (exact) mass is 360 g/mol. The minimum absolute atomic E-state index is 0.130. The fourth-order valence-electron chi connectivity index (χ4n) is 2.47. The fraction of sp³-hybridized carbons (Fsp3) is 0.158. The molecule has 26 heavy (non-hydrogen) atoms. The summed E-state index contributed by atoms with van der Waals surface area (Å²) in [6.45, 7) is 0.222. The lowest BCUT2D eigenvalue weighted by Gasteiger charge is -2.09. The van der Waals surface area contributed by atoms with Crippen LogP contribution in [0.3, 0.4) is 0 Å². The maximum atomic E-state index is 12.7. The lowest BCUT2D eigenvalue weighted by molar-refractivity contribution is -0.137. The van der Waals surface area contributed by atoms with Crippen LogP contribution in [-0.4, -0.2) is 10.9 Å². The zero-order valence-electron chi connectivity index (χ0n) is 13.6. The predicted molar refractivity (Wildman–Crippen MR) is 88.9 cm³/mol. The Morgan fingerprint density at radius 3 is 2.65 bits per heavy atom. The molecule has 0 fully saturated rings. The third-order valence-corrected chi connectivity index (χ3v) is 3.71. The second-order valence-corrected chi connectivity index (χ2v) is 5.71. The van der Waals surface area contributed by atoms with Gasteiger partial charge < -0.3 is 9.73 Å². The van der Waals surface area contributed by atoms with Gasteiger partial charge in [0.1, 0.15) is 5.76 Å². The normalized spacial score (nSPS) is 11.3. The van der Waals surface area contributed by atoms with Crippen LogP contribution in [0.1, 0.15) is 16.7 Å². The van der Waals surface area contributed by atoms with Gasteiger partial charge in [-0.1, -0.05) is 18.2 Å². The summed E-state index contributed by atoms with van der Waals surface area (Å²) < 4.78 is 43.4. The van der Waals surface area contributed by atoms with Gasteiger partial charge in [-0.25, -0.2) is 0 Å². The molecule has 134 valence electrons. The fourth-order valence-corrected chi connectivity index (χ4v) is 2.47. The third kappa shape index (κ3) is 4.50. The van der Waals surface area contributed by atoms with Crippen LogP contribution in [0.5, 0.6) is 0 Å². The topological polar surface area (TPSA) is 55.1 Å². The number of benzene rings is 1. The molecule has 0 aliphatic rings. The van der Waals surface area contributed by atoms with Crippen LogP contribution in [-0.2, 0) is 23.9 Å². The Bertz CT molecular complexity index is 890. The Balaban J connectivity index is 1.60. The van der Waals surface area contributed by atoms with Gasteiger partial charge in [-0.3, -0.25) is 9.78 Å². The van der Waals surface area contributed by atoms with Crippen molar-refractivity contribution in [2.45, 2.75) is 19.1 Å². The maximum absolute atomic E-state index is 12.7. The average molecular weight is 360 g/mol. The van der Waals surface area contributed by atoms with Crippen molar-refractivity contribution in [3.05, 3.63) is 77.8 Å². The molecule has 0 bridgehead atoms. The second-order valence-electron chi connectivity index (χ2n) is 5.71. The third-order valence-electron chi connectivity index (χ3n) is 3.71. The molecule has 0 atom stereocenters. The summed E-state index contributed by atoms with van der Waals surface area (Å²) in [5, 5.41) is 2.69. The molecule has 0 spiro atoms. The highest BCUT2D eigenvalue weighted by Gasteiger charge is 2.30. The molecule has 0 radical (unpaired) electrons. The number of alkyl halides is 3. The zero-order chi connectivity index (χ0) is 18.6. The summed E-state index contributed by atoms with van der Waals surface area (Å²) in [5.41, 5.74) is 1.08. The largest absolute Gasteiger partial charge is 0.464 e. The number of rotatable bonds is 5. The van der Waals surface area contributed by atoms with E-state index in [-0.39, 0.29) is 18.9 Å². The van der Waals surface area contributed by atoms with Crippen molar-refractivity contribution in [1.82, 2.24) is 10.3 Å². The first kappa shape index (κ1) is 17.7. The summed E-state index contributed by atoms with van der Waals surface area (Å²) in [4.78, 5) is 16.1. The summed E-state index contributed by atoms with van der Waals surface area (Å²) in [6, 6.07) is 10.1. The van der Waals surface area contributed by atoms with Gasteiger partial charge in [0.2, 0.25) is 5.91 Å². The van der Waals surface area contributed by atoms with E-state index in [0.29, 0.717) is 11.3 Å². The smallest absolute Gasteiger partial charge is 0.416 e. The first-order valence-corrected chi connectivity index (χ1v) is 7.82. The average Bonchev–Trinajstić information content (AvgIpc) is 3.14. The zero-order valence-corrected chi connectivity index (χ0v) is 13.6. The van der Waals surface area contributed by atoms with Crippen molar-refractivity contribution >= 4 is 5.91 Å². The number of halogens is 3. The van der Waals surface area contributed by atoms with Gasteiger partial charge in [0.15, 0.2) is 0 Å². The number of amides is 1. The summed E-state index contributed by atoms with van der Waals surface area (Å²) in [7, 11) is 0. The number of hydrogen-bond acceptors (Lipinski definition) is 3. The van der Waals surface area contributed by atoms with Crippen LogP contribution in [0, 0.1) is 0 Å². The highest BCUT2D eigenvalue weighted by atomic mass is 19.4.